The van der Waals surface area contributed by atoms with Crippen LogP contribution in [0.4, 0.5) is 45.2 Å². The van der Waals surface area contributed by atoms with Crippen molar-refractivity contribution in [3.8, 4) is 0 Å². The minimum absolute atomic E-state index is 0.294. The number of para-hydroxylation sites is 1. The highest BCUT2D eigenvalue weighted by molar-refractivity contribution is 5.94. The smallest absolute Gasteiger partial charge is 0.347 e. The van der Waals surface area contributed by atoms with E-state index in [9.17, 15) is 44.3 Å². The van der Waals surface area contributed by atoms with Gasteiger partial charge < -0.3 is 10.6 Å². The molecule has 0 saturated carbocycles. The Morgan fingerprint density at radius 3 is 1.90 bits per heavy atom. The largest absolute Gasteiger partial charge is 0.439 e. The normalized spacial score (nSPS) is 13.1. The van der Waals surface area contributed by atoms with Crippen LogP contribution in [0.1, 0.15) is 15.9 Å². The second kappa shape index (κ2) is 7.44. The highest BCUT2D eigenvalue weighted by atomic mass is 19.4. The summed E-state index contributed by atoms with van der Waals surface area (Å²) in [6.45, 7) is 0. The lowest BCUT2D eigenvalue weighted by molar-refractivity contribution is -0.294. The van der Waals surface area contributed by atoms with Gasteiger partial charge in [-0.05, 0) is 24.3 Å². The molecule has 13 heteroatoms. The van der Waals surface area contributed by atoms with Gasteiger partial charge in [0.15, 0.2) is 0 Å². The number of rotatable bonds is 4. The molecule has 0 spiro atoms. The number of benzene rings is 1. The molecule has 158 valence electrons. The molecule has 0 radical (unpaired) electrons. The van der Waals surface area contributed by atoms with Crippen molar-refractivity contribution in [3.05, 3.63) is 59.9 Å². The number of carbonyl (C=O) groups excluding carboxylic acids is 1. The molecular weight excluding hydrogens is 421 g/mol. The number of aromatic nitrogens is 1. The Labute approximate surface area is 156 Å². The Balaban J connectivity index is 2.62. The number of anilines is 1. The van der Waals surface area contributed by atoms with Crippen molar-refractivity contribution in [2.45, 2.75) is 24.2 Å². The lowest BCUT2D eigenvalue weighted by atomic mass is 10.1. The molecule has 0 aliphatic heterocycles. The van der Waals surface area contributed by atoms with Crippen molar-refractivity contribution in [2.24, 2.45) is 0 Å². The van der Waals surface area contributed by atoms with E-state index < -0.39 is 46.9 Å². The molecule has 0 saturated heterocycles. The lowest BCUT2D eigenvalue weighted by Gasteiger charge is -2.39. The molecule has 4 nitrogen and oxygen atoms in total. The van der Waals surface area contributed by atoms with Crippen LogP contribution in [0.15, 0.2) is 48.8 Å². The molecule has 2 rings (SSSR count). The molecule has 0 aliphatic rings. The van der Waals surface area contributed by atoms with Crippen molar-refractivity contribution >= 4 is 11.6 Å². The molecule has 0 bridgehead atoms. The van der Waals surface area contributed by atoms with E-state index >= 15 is 0 Å². The SMILES string of the molecule is O=C(NC(Nc1ccccc1C(F)(F)F)(C(F)(F)F)C(F)(F)F)c1cccnc1. The number of hydrogen-bond donors (Lipinski definition) is 2. The number of hydrogen-bond acceptors (Lipinski definition) is 3. The average molecular weight is 431 g/mol. The van der Waals surface area contributed by atoms with Gasteiger partial charge in [0, 0.05) is 18.1 Å². The minimum Gasteiger partial charge on any atom is -0.347 e. The van der Waals surface area contributed by atoms with Gasteiger partial charge in [-0.1, -0.05) is 12.1 Å². The van der Waals surface area contributed by atoms with Gasteiger partial charge in [0.05, 0.1) is 11.1 Å². The summed E-state index contributed by atoms with van der Waals surface area (Å²) in [5, 5.41) is 1.57. The van der Waals surface area contributed by atoms with Gasteiger partial charge in [-0.2, -0.15) is 39.5 Å². The Hall–Kier alpha value is -2.99. The first-order chi connectivity index (χ1) is 13.2. The zero-order valence-electron chi connectivity index (χ0n) is 13.9. The van der Waals surface area contributed by atoms with Crippen molar-refractivity contribution in [1.29, 1.82) is 0 Å². The number of nitrogens with one attached hydrogen (secondary N) is 2. The summed E-state index contributed by atoms with van der Waals surface area (Å²) in [5.74, 6) is -1.86. The minimum atomic E-state index is -6.28. The van der Waals surface area contributed by atoms with E-state index in [0.29, 0.717) is 18.3 Å². The van der Waals surface area contributed by atoms with Gasteiger partial charge in [-0.15, -0.1) is 0 Å². The Morgan fingerprint density at radius 2 is 1.41 bits per heavy atom. The van der Waals surface area contributed by atoms with Crippen LogP contribution in [-0.2, 0) is 6.18 Å². The third-order valence-electron chi connectivity index (χ3n) is 3.63. The Bertz CT molecular complexity index is 846. The van der Waals surface area contributed by atoms with Crippen LogP contribution in [0.25, 0.3) is 0 Å². The summed E-state index contributed by atoms with van der Waals surface area (Å²) in [5.41, 5.74) is -9.19. The maximum atomic E-state index is 13.6. The van der Waals surface area contributed by atoms with E-state index in [-0.39, 0.29) is 0 Å². The summed E-state index contributed by atoms with van der Waals surface area (Å²) < 4.78 is 121. The topological polar surface area (TPSA) is 54.0 Å². The van der Waals surface area contributed by atoms with Gasteiger partial charge >= 0.3 is 24.2 Å². The predicted octanol–water partition coefficient (Wildman–Crippen LogP) is 4.76. The molecule has 1 amide bonds. The molecule has 2 aromatic rings. The van der Waals surface area contributed by atoms with E-state index in [1.807, 2.05) is 0 Å². The van der Waals surface area contributed by atoms with Crippen LogP contribution < -0.4 is 10.6 Å². The first-order valence-corrected chi connectivity index (χ1v) is 7.49. The first-order valence-electron chi connectivity index (χ1n) is 7.49. The fourth-order valence-electron chi connectivity index (χ4n) is 2.26. The molecule has 1 heterocycles. The molecule has 0 unspecified atom stereocenters. The zero-order chi connectivity index (χ0) is 22.1. The number of alkyl halides is 9. The van der Waals surface area contributed by atoms with Gasteiger partial charge in [0.2, 0.25) is 0 Å². The van der Waals surface area contributed by atoms with Crippen LogP contribution in [0.3, 0.4) is 0 Å². The molecule has 2 N–H and O–H groups in total. The standard InChI is InChI=1S/C16H10F9N3O/c17-13(18,19)10-5-1-2-6-11(10)27-14(15(20,21)22,16(23,24)25)28-12(29)9-4-3-7-26-8-9/h1-8,27H,(H,28,29). The first kappa shape index (κ1) is 22.3. The highest BCUT2D eigenvalue weighted by Gasteiger charge is 2.73. The molecule has 1 aromatic carbocycles. The van der Waals surface area contributed by atoms with Crippen molar-refractivity contribution in [1.82, 2.24) is 10.3 Å². The Morgan fingerprint density at radius 1 is 0.828 bits per heavy atom. The van der Waals surface area contributed by atoms with Crippen molar-refractivity contribution < 1.29 is 44.3 Å². The third kappa shape index (κ3) is 4.54. The van der Waals surface area contributed by atoms with Gasteiger partial charge in [0.1, 0.15) is 0 Å². The maximum absolute atomic E-state index is 13.6. The van der Waals surface area contributed by atoms with E-state index in [4.69, 9.17) is 0 Å². The highest BCUT2D eigenvalue weighted by Crippen LogP contribution is 2.45. The van der Waals surface area contributed by atoms with E-state index in [1.165, 1.54) is 0 Å². The van der Waals surface area contributed by atoms with Gasteiger partial charge in [-0.25, -0.2) is 0 Å². The summed E-state index contributed by atoms with van der Waals surface area (Å²) >= 11 is 0. The molecule has 1 aromatic heterocycles. The average Bonchev–Trinajstić information content (AvgIpc) is 2.59. The predicted molar refractivity (Wildman–Crippen MR) is 81.6 cm³/mol. The second-order valence-corrected chi connectivity index (χ2v) is 5.61. The quantitative estimate of drug-likeness (QED) is 0.542. The van der Waals surface area contributed by atoms with E-state index in [2.05, 4.69) is 4.98 Å². The van der Waals surface area contributed by atoms with Crippen LogP contribution in [-0.4, -0.2) is 28.9 Å². The third-order valence-corrected chi connectivity index (χ3v) is 3.63. The molecule has 0 aliphatic carbocycles. The monoisotopic (exact) mass is 431 g/mol. The van der Waals surface area contributed by atoms with E-state index in [1.54, 1.807) is 0 Å². The van der Waals surface area contributed by atoms with Crippen LogP contribution >= 0.6 is 0 Å². The second-order valence-electron chi connectivity index (χ2n) is 5.61. The molecule has 0 atom stereocenters. The number of pyridine rings is 1. The van der Waals surface area contributed by atoms with Crippen molar-refractivity contribution in [3.63, 3.8) is 0 Å². The molecule has 0 fully saturated rings. The summed E-state index contributed by atoms with van der Waals surface area (Å²) in [7, 11) is 0. The number of halogens is 9. The zero-order valence-corrected chi connectivity index (χ0v) is 13.9. The fourth-order valence-corrected chi connectivity index (χ4v) is 2.26. The summed E-state index contributed by atoms with van der Waals surface area (Å²) in [6.07, 6.45) is -16.0. The number of carbonyl (C=O) groups is 1. The van der Waals surface area contributed by atoms with Gasteiger partial charge in [0.25, 0.3) is 5.91 Å². The van der Waals surface area contributed by atoms with Crippen LogP contribution in [0, 0.1) is 0 Å². The van der Waals surface area contributed by atoms with Crippen LogP contribution in [0.5, 0.6) is 0 Å². The molecule has 29 heavy (non-hydrogen) atoms. The molecular formula is C16H10F9N3O. The van der Waals surface area contributed by atoms with E-state index in [0.717, 1.165) is 41.1 Å². The van der Waals surface area contributed by atoms with Crippen molar-refractivity contribution in [2.75, 3.05) is 5.32 Å². The summed E-state index contributed by atoms with van der Waals surface area (Å²) in [6, 6.07) is 4.21. The number of amides is 1. The Kier molecular flexibility index (Phi) is 5.72. The lowest BCUT2D eigenvalue weighted by Crippen LogP contribution is -2.72. The van der Waals surface area contributed by atoms with Crippen LogP contribution in [0.2, 0.25) is 0 Å². The fraction of sp³-hybridized carbons (Fsp3) is 0.250. The van der Waals surface area contributed by atoms with Gasteiger partial charge in [-0.3, -0.25) is 9.78 Å². The maximum Gasteiger partial charge on any atom is 0.439 e. The summed E-state index contributed by atoms with van der Waals surface area (Å²) in [4.78, 5) is 15.4. The number of nitrogens with zero attached hydrogens (tertiary/aromatic N) is 1.